The molecule has 122 valence electrons. The first kappa shape index (κ1) is 19.9. The molecule has 0 saturated heterocycles. The Labute approximate surface area is 152 Å². The van der Waals surface area contributed by atoms with Gasteiger partial charge in [-0.25, -0.2) is 0 Å². The molecule has 0 atom stereocenters. The third kappa shape index (κ3) is 4.46. The lowest BCUT2D eigenvalue weighted by Gasteiger charge is -2.20. The van der Waals surface area contributed by atoms with E-state index in [4.69, 9.17) is 10.5 Å². The van der Waals surface area contributed by atoms with Gasteiger partial charge in [0, 0.05) is 34.1 Å². The molecule has 0 bridgehead atoms. The van der Waals surface area contributed by atoms with Crippen LogP contribution in [0.4, 0.5) is 0 Å². The predicted octanol–water partition coefficient (Wildman–Crippen LogP) is 4.57. The van der Waals surface area contributed by atoms with Crippen molar-refractivity contribution >= 4 is 23.5 Å². The second-order valence-corrected chi connectivity index (χ2v) is 7.02. The quantitative estimate of drug-likeness (QED) is 0.501. The molecule has 0 aliphatic heterocycles. The molecule has 0 spiro atoms. The standard InChI is InChI=1S/C18H18N4S2/c1-3-13-15(11-21)16(12-22)14(4-2)18(24-10-6-8-20)17(13)23-9-5-7-19/h3-6,9-10H2,1-2H3. The molecule has 1 aromatic carbocycles. The highest BCUT2D eigenvalue weighted by Crippen LogP contribution is 2.41. The highest BCUT2D eigenvalue weighted by atomic mass is 32.2. The second-order valence-electron chi connectivity index (χ2n) is 4.81. The Bertz CT molecular complexity index is 693. The molecule has 24 heavy (non-hydrogen) atoms. The third-order valence-electron chi connectivity index (χ3n) is 3.46. The van der Waals surface area contributed by atoms with Crippen LogP contribution in [0.25, 0.3) is 0 Å². The summed E-state index contributed by atoms with van der Waals surface area (Å²) in [4.78, 5) is 2.01. The van der Waals surface area contributed by atoms with Crippen LogP contribution in [-0.4, -0.2) is 11.5 Å². The fourth-order valence-electron chi connectivity index (χ4n) is 2.43. The lowest BCUT2D eigenvalue weighted by molar-refractivity contribution is 0.957. The van der Waals surface area contributed by atoms with E-state index in [1.54, 1.807) is 23.5 Å². The maximum absolute atomic E-state index is 9.57. The largest absolute Gasteiger partial charge is 0.198 e. The molecule has 4 nitrogen and oxygen atoms in total. The van der Waals surface area contributed by atoms with Crippen molar-refractivity contribution in [3.05, 3.63) is 22.3 Å². The van der Waals surface area contributed by atoms with E-state index < -0.39 is 0 Å². The van der Waals surface area contributed by atoms with Gasteiger partial charge in [0.05, 0.1) is 23.3 Å². The summed E-state index contributed by atoms with van der Waals surface area (Å²) >= 11 is 3.14. The van der Waals surface area contributed by atoms with Crippen molar-refractivity contribution < 1.29 is 0 Å². The van der Waals surface area contributed by atoms with Gasteiger partial charge in [0.1, 0.15) is 12.1 Å². The summed E-state index contributed by atoms with van der Waals surface area (Å²) in [6, 6.07) is 8.69. The van der Waals surface area contributed by atoms with Gasteiger partial charge in [0.15, 0.2) is 0 Å². The lowest BCUT2D eigenvalue weighted by Crippen LogP contribution is -2.05. The molecular formula is C18H18N4S2. The van der Waals surface area contributed by atoms with Crippen molar-refractivity contribution in [1.29, 1.82) is 21.0 Å². The molecule has 0 saturated carbocycles. The maximum Gasteiger partial charge on any atom is 0.101 e. The van der Waals surface area contributed by atoms with Crippen molar-refractivity contribution in [3.63, 3.8) is 0 Å². The van der Waals surface area contributed by atoms with Gasteiger partial charge in [0.2, 0.25) is 0 Å². The molecular weight excluding hydrogens is 336 g/mol. The molecule has 0 N–H and O–H groups in total. The zero-order valence-electron chi connectivity index (χ0n) is 13.8. The van der Waals surface area contributed by atoms with Crippen LogP contribution >= 0.6 is 23.5 Å². The van der Waals surface area contributed by atoms with Crippen LogP contribution in [0.5, 0.6) is 0 Å². The van der Waals surface area contributed by atoms with Crippen molar-refractivity contribution in [2.75, 3.05) is 11.5 Å². The summed E-state index contributed by atoms with van der Waals surface area (Å²) < 4.78 is 0. The minimum absolute atomic E-state index is 0.430. The number of nitriles is 4. The minimum atomic E-state index is 0.430. The number of rotatable bonds is 8. The SMILES string of the molecule is CCc1c(C#N)c(C#N)c(CC)c(SCCC#N)c1SCCC#N. The summed E-state index contributed by atoms with van der Waals surface area (Å²) in [6.45, 7) is 3.95. The summed E-state index contributed by atoms with van der Waals surface area (Å²) in [6.07, 6.45) is 2.17. The van der Waals surface area contributed by atoms with Gasteiger partial charge >= 0.3 is 0 Å². The number of nitrogens with zero attached hydrogens (tertiary/aromatic N) is 4. The average Bonchev–Trinajstić information content (AvgIpc) is 2.61. The molecule has 0 radical (unpaired) electrons. The van der Waals surface area contributed by atoms with Crippen LogP contribution in [0, 0.1) is 45.3 Å². The summed E-state index contributed by atoms with van der Waals surface area (Å²) in [5.74, 6) is 1.30. The van der Waals surface area contributed by atoms with Gasteiger partial charge in [-0.15, -0.1) is 23.5 Å². The van der Waals surface area contributed by atoms with Gasteiger partial charge in [-0.05, 0) is 24.0 Å². The monoisotopic (exact) mass is 354 g/mol. The number of hydrogen-bond acceptors (Lipinski definition) is 6. The first-order valence-corrected chi connectivity index (χ1v) is 9.68. The number of hydrogen-bond donors (Lipinski definition) is 0. The minimum Gasteiger partial charge on any atom is -0.198 e. The van der Waals surface area contributed by atoms with E-state index in [2.05, 4.69) is 24.3 Å². The van der Waals surface area contributed by atoms with Gasteiger partial charge in [-0.3, -0.25) is 0 Å². The number of benzene rings is 1. The van der Waals surface area contributed by atoms with Gasteiger partial charge in [0.25, 0.3) is 0 Å². The third-order valence-corrected chi connectivity index (χ3v) is 5.88. The first-order valence-electron chi connectivity index (χ1n) is 7.71. The first-order chi connectivity index (χ1) is 11.7. The Kier molecular flexibility index (Phi) is 8.81. The van der Waals surface area contributed by atoms with Gasteiger partial charge in [-0.2, -0.15) is 21.0 Å². The molecule has 0 heterocycles. The summed E-state index contributed by atoms with van der Waals surface area (Å²) in [7, 11) is 0. The molecule has 0 amide bonds. The Morgan fingerprint density at radius 1 is 0.708 bits per heavy atom. The van der Waals surface area contributed by atoms with Crippen LogP contribution in [0.2, 0.25) is 0 Å². The van der Waals surface area contributed by atoms with Crippen molar-refractivity contribution in [3.8, 4) is 24.3 Å². The molecule has 1 rings (SSSR count). The highest BCUT2D eigenvalue weighted by molar-refractivity contribution is 8.02. The molecule has 6 heteroatoms. The average molecular weight is 355 g/mol. The molecule has 0 aliphatic rings. The fourth-order valence-corrected chi connectivity index (χ4v) is 4.93. The predicted molar refractivity (Wildman–Crippen MR) is 96.5 cm³/mol. The van der Waals surface area contributed by atoms with Crippen molar-refractivity contribution in [1.82, 2.24) is 0 Å². The molecule has 1 aromatic rings. The lowest BCUT2D eigenvalue weighted by atomic mass is 9.94. The van der Waals surface area contributed by atoms with Crippen LogP contribution in [0.1, 0.15) is 48.9 Å². The normalized spacial score (nSPS) is 9.58. The van der Waals surface area contributed by atoms with E-state index >= 15 is 0 Å². The van der Waals surface area contributed by atoms with Crippen LogP contribution in [0.3, 0.4) is 0 Å². The highest BCUT2D eigenvalue weighted by Gasteiger charge is 2.22. The van der Waals surface area contributed by atoms with E-state index in [1.165, 1.54) is 0 Å². The van der Waals surface area contributed by atoms with E-state index in [0.29, 0.717) is 48.3 Å². The van der Waals surface area contributed by atoms with Gasteiger partial charge < -0.3 is 0 Å². The molecule has 0 aliphatic carbocycles. The Morgan fingerprint density at radius 3 is 1.33 bits per heavy atom. The zero-order valence-corrected chi connectivity index (χ0v) is 15.5. The number of thioether (sulfide) groups is 2. The van der Waals surface area contributed by atoms with E-state index in [9.17, 15) is 10.5 Å². The van der Waals surface area contributed by atoms with E-state index in [0.717, 1.165) is 20.9 Å². The molecule has 0 aromatic heterocycles. The topological polar surface area (TPSA) is 95.2 Å². The fraction of sp³-hybridized carbons (Fsp3) is 0.444. The second kappa shape index (κ2) is 10.6. The zero-order chi connectivity index (χ0) is 17.9. The van der Waals surface area contributed by atoms with Crippen LogP contribution < -0.4 is 0 Å². The Morgan fingerprint density at radius 2 is 1.08 bits per heavy atom. The van der Waals surface area contributed by atoms with Crippen LogP contribution in [0.15, 0.2) is 9.79 Å². The van der Waals surface area contributed by atoms with E-state index in [-0.39, 0.29) is 0 Å². The summed E-state index contributed by atoms with van der Waals surface area (Å²) in [5.41, 5.74) is 2.68. The van der Waals surface area contributed by atoms with Crippen LogP contribution in [-0.2, 0) is 12.8 Å². The van der Waals surface area contributed by atoms with E-state index in [1.807, 2.05) is 13.8 Å². The van der Waals surface area contributed by atoms with Crippen molar-refractivity contribution in [2.45, 2.75) is 49.3 Å². The molecule has 0 unspecified atom stereocenters. The Hall–Kier alpha value is -2.12. The Balaban J connectivity index is 3.60. The maximum atomic E-state index is 9.57. The molecule has 0 fully saturated rings. The smallest absolute Gasteiger partial charge is 0.101 e. The summed E-state index contributed by atoms with van der Waals surface area (Å²) in [5, 5.41) is 36.7. The van der Waals surface area contributed by atoms with Crippen molar-refractivity contribution in [2.24, 2.45) is 0 Å². The van der Waals surface area contributed by atoms with Gasteiger partial charge in [-0.1, -0.05) is 13.8 Å².